The van der Waals surface area contributed by atoms with Gasteiger partial charge in [0.05, 0.1) is 0 Å². The van der Waals surface area contributed by atoms with Crippen LogP contribution in [0.2, 0.25) is 0 Å². The molecular formula is C11H13ClN2O. The van der Waals surface area contributed by atoms with Gasteiger partial charge >= 0.3 is 6.03 Å². The number of alkyl halides is 1. The van der Waals surface area contributed by atoms with Crippen LogP contribution in [0.25, 0.3) is 0 Å². The number of nitrogens with zero attached hydrogens (tertiary/aromatic N) is 1. The molecule has 0 aromatic heterocycles. The van der Waals surface area contributed by atoms with Crippen LogP contribution in [0, 0.1) is 0 Å². The van der Waals surface area contributed by atoms with Crippen LogP contribution in [0.4, 0.5) is 4.79 Å². The van der Waals surface area contributed by atoms with Crippen molar-refractivity contribution in [1.29, 1.82) is 0 Å². The monoisotopic (exact) mass is 224 g/mol. The third kappa shape index (κ3) is 2.23. The zero-order valence-electron chi connectivity index (χ0n) is 8.37. The Labute approximate surface area is 94.0 Å². The summed E-state index contributed by atoms with van der Waals surface area (Å²) in [6, 6.07) is 8.08. The Hall–Kier alpha value is -1.22. The second-order valence-electron chi connectivity index (χ2n) is 3.55. The number of nitrogens with one attached hydrogen (secondary N) is 1. The summed E-state index contributed by atoms with van der Waals surface area (Å²) in [6.45, 7) is 1.92. The van der Waals surface area contributed by atoms with Crippen LogP contribution in [0.15, 0.2) is 24.3 Å². The van der Waals surface area contributed by atoms with E-state index < -0.39 is 0 Å². The number of fused-ring (bicyclic) bond motifs is 1. The van der Waals surface area contributed by atoms with Gasteiger partial charge in [-0.2, -0.15) is 0 Å². The van der Waals surface area contributed by atoms with Crippen LogP contribution in [0.3, 0.4) is 0 Å². The number of rotatable bonds is 2. The van der Waals surface area contributed by atoms with Crippen molar-refractivity contribution in [2.24, 2.45) is 0 Å². The van der Waals surface area contributed by atoms with Crippen molar-refractivity contribution < 1.29 is 4.79 Å². The molecule has 0 saturated carbocycles. The van der Waals surface area contributed by atoms with E-state index in [0.717, 1.165) is 0 Å². The van der Waals surface area contributed by atoms with E-state index in [4.69, 9.17) is 11.6 Å². The van der Waals surface area contributed by atoms with E-state index in [1.807, 2.05) is 12.1 Å². The predicted octanol–water partition coefficient (Wildman–Crippen LogP) is 1.95. The standard InChI is InChI=1S/C11H13ClN2O/c12-5-6-13-11(15)14-7-9-3-1-2-4-10(9)8-14/h1-4H,5-8H2,(H,13,15). The van der Waals surface area contributed by atoms with Gasteiger partial charge in [0, 0.05) is 25.5 Å². The minimum Gasteiger partial charge on any atom is -0.337 e. The summed E-state index contributed by atoms with van der Waals surface area (Å²) < 4.78 is 0. The molecule has 0 bridgehead atoms. The predicted molar refractivity (Wildman–Crippen MR) is 59.8 cm³/mol. The van der Waals surface area contributed by atoms with Crippen LogP contribution in [0.1, 0.15) is 11.1 Å². The first-order valence-corrected chi connectivity index (χ1v) is 5.50. The van der Waals surface area contributed by atoms with Gasteiger partial charge < -0.3 is 10.2 Å². The number of halogens is 1. The van der Waals surface area contributed by atoms with E-state index in [1.54, 1.807) is 4.90 Å². The van der Waals surface area contributed by atoms with Crippen molar-refractivity contribution in [3.8, 4) is 0 Å². The smallest absolute Gasteiger partial charge is 0.318 e. The molecule has 0 aliphatic carbocycles. The van der Waals surface area contributed by atoms with E-state index in [2.05, 4.69) is 17.4 Å². The lowest BCUT2D eigenvalue weighted by Crippen LogP contribution is -2.37. The maximum absolute atomic E-state index is 11.6. The Kier molecular flexibility index (Phi) is 3.11. The number of carbonyl (C=O) groups is 1. The zero-order valence-corrected chi connectivity index (χ0v) is 9.13. The van der Waals surface area contributed by atoms with E-state index in [9.17, 15) is 4.79 Å². The van der Waals surface area contributed by atoms with E-state index in [0.29, 0.717) is 25.5 Å². The molecule has 15 heavy (non-hydrogen) atoms. The Balaban J connectivity index is 1.98. The van der Waals surface area contributed by atoms with Crippen molar-refractivity contribution in [3.63, 3.8) is 0 Å². The van der Waals surface area contributed by atoms with Crippen molar-refractivity contribution in [1.82, 2.24) is 10.2 Å². The highest BCUT2D eigenvalue weighted by Gasteiger charge is 2.21. The van der Waals surface area contributed by atoms with Gasteiger partial charge in [-0.15, -0.1) is 11.6 Å². The Bertz CT molecular complexity index is 342. The van der Waals surface area contributed by atoms with E-state index in [-0.39, 0.29) is 6.03 Å². The largest absolute Gasteiger partial charge is 0.337 e. The minimum atomic E-state index is -0.0353. The fourth-order valence-electron chi connectivity index (χ4n) is 1.74. The van der Waals surface area contributed by atoms with Crippen LogP contribution in [0.5, 0.6) is 0 Å². The first kappa shape index (κ1) is 10.3. The molecular weight excluding hydrogens is 212 g/mol. The van der Waals surface area contributed by atoms with Gasteiger partial charge in [-0.05, 0) is 11.1 Å². The summed E-state index contributed by atoms with van der Waals surface area (Å²) in [5.74, 6) is 0.451. The molecule has 3 nitrogen and oxygen atoms in total. The molecule has 0 spiro atoms. The number of amides is 2. The van der Waals surface area contributed by atoms with E-state index in [1.165, 1.54) is 11.1 Å². The van der Waals surface area contributed by atoms with Crippen LogP contribution >= 0.6 is 11.6 Å². The van der Waals surface area contributed by atoms with Crippen LogP contribution < -0.4 is 5.32 Å². The fraction of sp³-hybridized carbons (Fsp3) is 0.364. The summed E-state index contributed by atoms with van der Waals surface area (Å²) in [5, 5.41) is 2.76. The van der Waals surface area contributed by atoms with Gasteiger partial charge in [0.25, 0.3) is 0 Å². The fourth-order valence-corrected chi connectivity index (χ4v) is 1.84. The highest BCUT2D eigenvalue weighted by atomic mass is 35.5. The zero-order chi connectivity index (χ0) is 10.7. The SMILES string of the molecule is O=C(NCCCl)N1Cc2ccccc2C1. The quantitative estimate of drug-likeness (QED) is 0.766. The Morgan fingerprint density at radius 3 is 2.47 bits per heavy atom. The molecule has 0 fully saturated rings. The molecule has 2 amide bonds. The molecule has 0 saturated heterocycles. The minimum absolute atomic E-state index is 0.0353. The third-order valence-corrected chi connectivity index (χ3v) is 2.69. The van der Waals surface area contributed by atoms with E-state index >= 15 is 0 Å². The van der Waals surface area contributed by atoms with Crippen molar-refractivity contribution in [2.45, 2.75) is 13.1 Å². The van der Waals surface area contributed by atoms with Crippen molar-refractivity contribution >= 4 is 17.6 Å². The average molecular weight is 225 g/mol. The first-order valence-electron chi connectivity index (χ1n) is 4.97. The van der Waals surface area contributed by atoms with Crippen LogP contribution in [-0.2, 0) is 13.1 Å². The lowest BCUT2D eigenvalue weighted by molar-refractivity contribution is 0.199. The Morgan fingerprint density at radius 1 is 1.33 bits per heavy atom. The van der Waals surface area contributed by atoms with Gasteiger partial charge in [0.1, 0.15) is 0 Å². The number of carbonyl (C=O) groups excluding carboxylic acids is 1. The lowest BCUT2D eigenvalue weighted by atomic mass is 10.1. The Morgan fingerprint density at radius 2 is 1.93 bits per heavy atom. The maximum atomic E-state index is 11.6. The summed E-state index contributed by atoms with van der Waals surface area (Å²) in [5.41, 5.74) is 2.47. The summed E-state index contributed by atoms with van der Waals surface area (Å²) in [7, 11) is 0. The summed E-state index contributed by atoms with van der Waals surface area (Å²) in [4.78, 5) is 13.4. The molecule has 0 radical (unpaired) electrons. The maximum Gasteiger partial charge on any atom is 0.318 e. The molecule has 1 aliphatic heterocycles. The highest BCUT2D eigenvalue weighted by Crippen LogP contribution is 2.21. The highest BCUT2D eigenvalue weighted by molar-refractivity contribution is 6.18. The number of benzene rings is 1. The molecule has 1 aromatic carbocycles. The molecule has 4 heteroatoms. The second kappa shape index (κ2) is 4.53. The van der Waals surface area contributed by atoms with Gasteiger partial charge in [-0.3, -0.25) is 0 Å². The van der Waals surface area contributed by atoms with Gasteiger partial charge in [0.15, 0.2) is 0 Å². The number of hydrogen-bond donors (Lipinski definition) is 1. The molecule has 1 N–H and O–H groups in total. The molecule has 1 heterocycles. The van der Waals surface area contributed by atoms with Crippen molar-refractivity contribution in [2.75, 3.05) is 12.4 Å². The first-order chi connectivity index (χ1) is 7.31. The van der Waals surface area contributed by atoms with Gasteiger partial charge in [-0.1, -0.05) is 24.3 Å². The summed E-state index contributed by atoms with van der Waals surface area (Å²) in [6.07, 6.45) is 0. The molecule has 2 rings (SSSR count). The number of urea groups is 1. The second-order valence-corrected chi connectivity index (χ2v) is 3.92. The normalized spacial score (nSPS) is 13.8. The van der Waals surface area contributed by atoms with Crippen LogP contribution in [-0.4, -0.2) is 23.4 Å². The molecule has 1 aromatic rings. The molecule has 0 unspecified atom stereocenters. The topological polar surface area (TPSA) is 32.3 Å². The van der Waals surface area contributed by atoms with Crippen molar-refractivity contribution in [3.05, 3.63) is 35.4 Å². The molecule has 0 atom stereocenters. The average Bonchev–Trinajstić information content (AvgIpc) is 2.69. The van der Waals surface area contributed by atoms with Gasteiger partial charge in [0.2, 0.25) is 0 Å². The lowest BCUT2D eigenvalue weighted by Gasteiger charge is -2.15. The third-order valence-electron chi connectivity index (χ3n) is 2.50. The summed E-state index contributed by atoms with van der Waals surface area (Å²) >= 11 is 5.51. The number of hydrogen-bond acceptors (Lipinski definition) is 1. The van der Waals surface area contributed by atoms with Gasteiger partial charge in [-0.25, -0.2) is 4.79 Å². The molecule has 1 aliphatic rings. The molecule has 80 valence electrons.